The molecule has 1 atom stereocenters. The van der Waals surface area contributed by atoms with Gasteiger partial charge in [-0.15, -0.1) is 0 Å². The van der Waals surface area contributed by atoms with Crippen LogP contribution in [-0.2, 0) is 9.53 Å². The second-order valence-corrected chi connectivity index (χ2v) is 3.54. The number of pyridine rings is 1. The molecule has 0 aliphatic heterocycles. The van der Waals surface area contributed by atoms with Crippen LogP contribution in [-0.4, -0.2) is 22.2 Å². The highest BCUT2D eigenvalue weighted by molar-refractivity contribution is 5.70. The Balaban J connectivity index is 2.49. The van der Waals surface area contributed by atoms with Crippen LogP contribution in [0.5, 0.6) is 0 Å². The van der Waals surface area contributed by atoms with Crippen molar-refractivity contribution in [3.8, 4) is 0 Å². The van der Waals surface area contributed by atoms with E-state index in [1.807, 2.05) is 0 Å². The molecule has 0 saturated heterocycles. The highest BCUT2D eigenvalue weighted by Crippen LogP contribution is 2.15. The number of hydrogen-bond donors (Lipinski definition) is 1. The van der Waals surface area contributed by atoms with Gasteiger partial charge in [-0.25, -0.2) is 0 Å². The maximum absolute atomic E-state index is 11.2. The minimum absolute atomic E-state index is 0.0256. The van der Waals surface area contributed by atoms with Crippen LogP contribution in [0.1, 0.15) is 31.9 Å². The molecule has 15 heavy (non-hydrogen) atoms. The number of aromatic nitrogens is 1. The zero-order valence-electron chi connectivity index (χ0n) is 8.88. The normalized spacial score (nSPS) is 12.5. The minimum atomic E-state index is -0.820. The minimum Gasteiger partial charge on any atom is -0.463 e. The lowest BCUT2D eigenvalue weighted by molar-refractivity contribution is -0.149. The Bertz CT molecular complexity index is 311. The van der Waals surface area contributed by atoms with Gasteiger partial charge in [0.15, 0.2) is 0 Å². The molecule has 0 radical (unpaired) electrons. The van der Waals surface area contributed by atoms with Gasteiger partial charge in [0.1, 0.15) is 0 Å². The topological polar surface area (TPSA) is 59.4 Å². The maximum atomic E-state index is 11.2. The monoisotopic (exact) mass is 209 g/mol. The molecule has 4 nitrogen and oxygen atoms in total. The lowest BCUT2D eigenvalue weighted by atomic mass is 10.1. The first-order valence-corrected chi connectivity index (χ1v) is 4.87. The molecule has 0 aliphatic rings. The molecule has 1 unspecified atom stereocenters. The van der Waals surface area contributed by atoms with Gasteiger partial charge in [-0.05, 0) is 31.5 Å². The summed E-state index contributed by atoms with van der Waals surface area (Å²) in [4.78, 5) is 15.1. The van der Waals surface area contributed by atoms with Crippen LogP contribution in [0.4, 0.5) is 0 Å². The van der Waals surface area contributed by atoms with Crippen molar-refractivity contribution in [3.63, 3.8) is 0 Å². The van der Waals surface area contributed by atoms with E-state index in [2.05, 4.69) is 4.98 Å². The van der Waals surface area contributed by atoms with E-state index in [4.69, 9.17) is 4.74 Å². The Morgan fingerprint density at radius 3 is 2.60 bits per heavy atom. The molecule has 0 bridgehead atoms. The molecule has 0 aromatic carbocycles. The van der Waals surface area contributed by atoms with E-state index in [-0.39, 0.29) is 12.5 Å². The number of ether oxygens (including phenoxy) is 1. The van der Waals surface area contributed by atoms with Crippen molar-refractivity contribution in [2.75, 3.05) is 0 Å². The summed E-state index contributed by atoms with van der Waals surface area (Å²) < 4.78 is 4.93. The zero-order valence-corrected chi connectivity index (χ0v) is 8.88. The predicted octanol–water partition coefficient (Wildman–Crippen LogP) is 1.46. The van der Waals surface area contributed by atoms with Gasteiger partial charge in [-0.2, -0.15) is 0 Å². The molecule has 0 amide bonds. The Morgan fingerprint density at radius 1 is 1.47 bits per heavy atom. The smallest absolute Gasteiger partial charge is 0.309 e. The van der Waals surface area contributed by atoms with Crippen LogP contribution in [0.2, 0.25) is 0 Å². The molecule has 82 valence electrons. The second kappa shape index (κ2) is 5.46. The van der Waals surface area contributed by atoms with E-state index >= 15 is 0 Å². The van der Waals surface area contributed by atoms with Crippen molar-refractivity contribution in [3.05, 3.63) is 30.1 Å². The Kier molecular flexibility index (Phi) is 4.24. The van der Waals surface area contributed by atoms with Gasteiger partial charge >= 0.3 is 5.97 Å². The molecule has 1 aromatic heterocycles. The average Bonchev–Trinajstić information content (AvgIpc) is 2.17. The molecular formula is C11H15NO3. The number of aliphatic hydroxyl groups is 1. The molecule has 0 fully saturated rings. The highest BCUT2D eigenvalue weighted by Gasteiger charge is 2.14. The third kappa shape index (κ3) is 4.08. The van der Waals surface area contributed by atoms with Gasteiger partial charge in [0.05, 0.1) is 18.6 Å². The van der Waals surface area contributed by atoms with E-state index in [9.17, 15) is 9.90 Å². The molecule has 1 heterocycles. The van der Waals surface area contributed by atoms with Gasteiger partial charge in [0, 0.05) is 12.4 Å². The third-order valence-corrected chi connectivity index (χ3v) is 1.82. The summed E-state index contributed by atoms with van der Waals surface area (Å²) in [5, 5.41) is 9.68. The van der Waals surface area contributed by atoms with Crippen molar-refractivity contribution in [2.45, 2.75) is 32.5 Å². The van der Waals surface area contributed by atoms with Gasteiger partial charge in [-0.1, -0.05) is 0 Å². The van der Waals surface area contributed by atoms with Crippen LogP contribution in [0, 0.1) is 0 Å². The van der Waals surface area contributed by atoms with Crippen molar-refractivity contribution in [1.82, 2.24) is 4.98 Å². The largest absolute Gasteiger partial charge is 0.463 e. The summed E-state index contributed by atoms with van der Waals surface area (Å²) >= 11 is 0. The standard InChI is InChI=1S/C11H15NO3/c1-8(2)15-11(14)7-10(13)9-3-5-12-6-4-9/h3-6,8,10,13H,7H2,1-2H3. The molecule has 1 rings (SSSR count). The first kappa shape index (κ1) is 11.7. The molecular weight excluding hydrogens is 194 g/mol. The Labute approximate surface area is 88.9 Å². The van der Waals surface area contributed by atoms with Crippen LogP contribution in [0.15, 0.2) is 24.5 Å². The number of carbonyl (C=O) groups excluding carboxylic acids is 1. The summed E-state index contributed by atoms with van der Waals surface area (Å²) in [6.07, 6.45) is 2.15. The first-order valence-electron chi connectivity index (χ1n) is 4.87. The highest BCUT2D eigenvalue weighted by atomic mass is 16.5. The maximum Gasteiger partial charge on any atom is 0.309 e. The zero-order chi connectivity index (χ0) is 11.3. The van der Waals surface area contributed by atoms with Crippen molar-refractivity contribution in [2.24, 2.45) is 0 Å². The molecule has 0 saturated carbocycles. The Hall–Kier alpha value is -1.42. The number of hydrogen-bond acceptors (Lipinski definition) is 4. The number of rotatable bonds is 4. The molecule has 1 aromatic rings. The summed E-state index contributed by atoms with van der Waals surface area (Å²) in [7, 11) is 0. The molecule has 4 heteroatoms. The Morgan fingerprint density at radius 2 is 2.07 bits per heavy atom. The summed E-state index contributed by atoms with van der Waals surface area (Å²) in [6, 6.07) is 3.35. The average molecular weight is 209 g/mol. The lowest BCUT2D eigenvalue weighted by Gasteiger charge is -2.12. The fraction of sp³-hybridized carbons (Fsp3) is 0.455. The summed E-state index contributed by atoms with van der Waals surface area (Å²) in [5.41, 5.74) is 0.672. The van der Waals surface area contributed by atoms with Gasteiger partial charge in [0.25, 0.3) is 0 Å². The van der Waals surface area contributed by atoms with Gasteiger partial charge in [0.2, 0.25) is 0 Å². The molecule has 1 N–H and O–H groups in total. The van der Waals surface area contributed by atoms with Crippen LogP contribution in [0.25, 0.3) is 0 Å². The fourth-order valence-corrected chi connectivity index (χ4v) is 1.17. The van der Waals surface area contributed by atoms with Crippen LogP contribution < -0.4 is 0 Å². The SMILES string of the molecule is CC(C)OC(=O)CC(O)c1ccncc1. The quantitative estimate of drug-likeness (QED) is 0.762. The predicted molar refractivity (Wildman–Crippen MR) is 55.0 cm³/mol. The number of aliphatic hydroxyl groups excluding tert-OH is 1. The van der Waals surface area contributed by atoms with Crippen molar-refractivity contribution < 1.29 is 14.6 Å². The molecule has 0 spiro atoms. The fourth-order valence-electron chi connectivity index (χ4n) is 1.17. The third-order valence-electron chi connectivity index (χ3n) is 1.82. The summed E-state index contributed by atoms with van der Waals surface area (Å²) in [5.74, 6) is -0.394. The number of carbonyl (C=O) groups is 1. The van der Waals surface area contributed by atoms with Crippen molar-refractivity contribution >= 4 is 5.97 Å². The van der Waals surface area contributed by atoms with Crippen molar-refractivity contribution in [1.29, 1.82) is 0 Å². The second-order valence-electron chi connectivity index (χ2n) is 3.54. The van der Waals surface area contributed by atoms with E-state index in [1.165, 1.54) is 0 Å². The van der Waals surface area contributed by atoms with E-state index < -0.39 is 12.1 Å². The molecule has 0 aliphatic carbocycles. The number of esters is 1. The lowest BCUT2D eigenvalue weighted by Crippen LogP contribution is -2.14. The number of nitrogens with zero attached hydrogens (tertiary/aromatic N) is 1. The van der Waals surface area contributed by atoms with E-state index in [0.717, 1.165) is 0 Å². The summed E-state index contributed by atoms with van der Waals surface area (Å²) in [6.45, 7) is 3.55. The van der Waals surface area contributed by atoms with Gasteiger partial charge in [-0.3, -0.25) is 9.78 Å². The van der Waals surface area contributed by atoms with Crippen LogP contribution in [0.3, 0.4) is 0 Å². The van der Waals surface area contributed by atoms with Gasteiger partial charge < -0.3 is 9.84 Å². The van der Waals surface area contributed by atoms with Crippen LogP contribution >= 0.6 is 0 Å². The first-order chi connectivity index (χ1) is 7.09. The van der Waals surface area contributed by atoms with E-state index in [0.29, 0.717) is 5.56 Å². The van der Waals surface area contributed by atoms with E-state index in [1.54, 1.807) is 38.4 Å².